The van der Waals surface area contributed by atoms with Gasteiger partial charge < -0.3 is 10.2 Å². The molecule has 0 spiro atoms. The number of benzene rings is 1. The molecular weight excluding hydrogens is 312 g/mol. The third kappa shape index (κ3) is 2.76. The second-order valence-corrected chi connectivity index (χ2v) is 5.21. The predicted octanol–water partition coefficient (Wildman–Crippen LogP) is -0.440. The molecule has 0 bridgehead atoms. The summed E-state index contributed by atoms with van der Waals surface area (Å²) in [5.74, 6) is -1.63. The standard InChI is InChI=1S/C16H14N4O4/c17-14-12-13(19-20(14)7-6-11(21)22)10(15(23)18-16(12)24)8-9-4-2-1-3-5-9/h1-5,8,17,24H,6-7H2,(H,18,23)(H,21,22). The van der Waals surface area contributed by atoms with Gasteiger partial charge >= 0.3 is 5.97 Å². The van der Waals surface area contributed by atoms with Crippen molar-refractivity contribution in [3.8, 4) is 5.88 Å². The van der Waals surface area contributed by atoms with Crippen LogP contribution >= 0.6 is 0 Å². The molecule has 0 fully saturated rings. The van der Waals surface area contributed by atoms with E-state index in [0.29, 0.717) is 0 Å². The minimum absolute atomic E-state index is 0.0265. The number of carboxylic acid groups (broad SMARTS) is 1. The molecule has 0 radical (unpaired) electrons. The van der Waals surface area contributed by atoms with Crippen LogP contribution in [0.3, 0.4) is 0 Å². The number of aromatic hydroxyl groups is 1. The van der Waals surface area contributed by atoms with Gasteiger partial charge in [-0.05, 0) is 11.6 Å². The molecule has 1 aliphatic heterocycles. The Morgan fingerprint density at radius 1 is 1.33 bits per heavy atom. The number of pyridine rings is 1. The average molecular weight is 326 g/mol. The quantitative estimate of drug-likeness (QED) is 0.605. The van der Waals surface area contributed by atoms with Crippen LogP contribution < -0.4 is 16.1 Å². The van der Waals surface area contributed by atoms with Crippen molar-refractivity contribution in [3.63, 3.8) is 0 Å². The van der Waals surface area contributed by atoms with Crippen LogP contribution in [0.2, 0.25) is 0 Å². The summed E-state index contributed by atoms with van der Waals surface area (Å²) in [5.41, 5.74) is 0.315. The van der Waals surface area contributed by atoms with Crippen molar-refractivity contribution in [2.45, 2.75) is 6.42 Å². The normalized spacial score (nSPS) is 13.8. The zero-order chi connectivity index (χ0) is 17.3. The maximum Gasteiger partial charge on any atom is 0.305 e. The van der Waals surface area contributed by atoms with Crippen LogP contribution in [0.15, 0.2) is 40.2 Å². The number of carbonyl (C=O) groups is 1. The zero-order valence-electron chi connectivity index (χ0n) is 12.5. The third-order valence-electron chi connectivity index (χ3n) is 3.57. The summed E-state index contributed by atoms with van der Waals surface area (Å²) < 4.78 is 0. The summed E-state index contributed by atoms with van der Waals surface area (Å²) in [6.45, 7) is -0.0265. The number of nitrogens with one attached hydrogen (secondary N) is 2. The zero-order valence-corrected chi connectivity index (χ0v) is 12.5. The Balaban J connectivity index is 2.19. The van der Waals surface area contributed by atoms with Crippen LogP contribution in [0.25, 0.3) is 6.08 Å². The highest BCUT2D eigenvalue weighted by Gasteiger charge is 2.25. The van der Waals surface area contributed by atoms with E-state index in [1.54, 1.807) is 18.2 Å². The molecule has 8 nitrogen and oxygen atoms in total. The lowest BCUT2D eigenvalue weighted by atomic mass is 10.1. The van der Waals surface area contributed by atoms with E-state index in [1.807, 2.05) is 18.2 Å². The van der Waals surface area contributed by atoms with Crippen molar-refractivity contribution in [1.82, 2.24) is 9.99 Å². The number of aromatic amines is 1. The first-order valence-corrected chi connectivity index (χ1v) is 7.16. The second-order valence-electron chi connectivity index (χ2n) is 5.21. The second kappa shape index (κ2) is 5.99. The number of rotatable bonds is 4. The van der Waals surface area contributed by atoms with Crippen LogP contribution in [0.1, 0.15) is 17.5 Å². The molecule has 2 heterocycles. The van der Waals surface area contributed by atoms with Crippen LogP contribution in [0.5, 0.6) is 5.88 Å². The van der Waals surface area contributed by atoms with Crippen molar-refractivity contribution in [2.24, 2.45) is 5.10 Å². The number of hydrogen-bond acceptors (Lipinski definition) is 5. The first-order valence-electron chi connectivity index (χ1n) is 7.16. The van der Waals surface area contributed by atoms with Gasteiger partial charge in [0.2, 0.25) is 5.88 Å². The highest BCUT2D eigenvalue weighted by molar-refractivity contribution is 5.99. The van der Waals surface area contributed by atoms with Crippen LogP contribution in [-0.4, -0.2) is 38.6 Å². The highest BCUT2D eigenvalue weighted by Crippen LogP contribution is 2.14. The van der Waals surface area contributed by atoms with Crippen molar-refractivity contribution in [2.75, 3.05) is 6.54 Å². The smallest absolute Gasteiger partial charge is 0.305 e. The fraction of sp³-hybridized carbons (Fsp3) is 0.125. The summed E-state index contributed by atoms with van der Waals surface area (Å²) in [4.78, 5) is 25.2. The lowest BCUT2D eigenvalue weighted by molar-refractivity contribution is -0.137. The molecule has 1 aliphatic rings. The van der Waals surface area contributed by atoms with Gasteiger partial charge in [0, 0.05) is 0 Å². The van der Waals surface area contributed by atoms with Gasteiger partial charge in [0.05, 0.1) is 18.2 Å². The Kier molecular flexibility index (Phi) is 3.87. The van der Waals surface area contributed by atoms with E-state index < -0.39 is 17.4 Å². The van der Waals surface area contributed by atoms with E-state index in [9.17, 15) is 14.7 Å². The number of H-pyrrole nitrogens is 1. The number of aromatic nitrogens is 1. The van der Waals surface area contributed by atoms with Crippen LogP contribution in [0.4, 0.5) is 0 Å². The molecule has 0 atom stereocenters. The van der Waals surface area contributed by atoms with Gasteiger partial charge in [-0.2, -0.15) is 5.10 Å². The molecule has 4 N–H and O–H groups in total. The van der Waals surface area contributed by atoms with E-state index in [0.717, 1.165) is 10.6 Å². The predicted molar refractivity (Wildman–Crippen MR) is 85.3 cm³/mol. The van der Waals surface area contributed by atoms with Gasteiger partial charge in [-0.3, -0.25) is 20.0 Å². The molecule has 122 valence electrons. The molecule has 0 unspecified atom stereocenters. The first kappa shape index (κ1) is 15.5. The Morgan fingerprint density at radius 3 is 2.71 bits per heavy atom. The Morgan fingerprint density at radius 2 is 2.04 bits per heavy atom. The summed E-state index contributed by atoms with van der Waals surface area (Å²) in [6.07, 6.45) is 1.39. The number of fused-ring (bicyclic) bond motifs is 1. The van der Waals surface area contributed by atoms with Gasteiger partial charge in [-0.25, -0.2) is 5.01 Å². The van der Waals surface area contributed by atoms with E-state index in [4.69, 9.17) is 10.5 Å². The minimum atomic E-state index is -1.02. The highest BCUT2D eigenvalue weighted by atomic mass is 16.4. The molecule has 1 aromatic heterocycles. The number of carboxylic acids is 1. The van der Waals surface area contributed by atoms with Gasteiger partial charge in [0.25, 0.3) is 5.56 Å². The monoisotopic (exact) mass is 326 g/mol. The largest absolute Gasteiger partial charge is 0.494 e. The summed E-state index contributed by atoms with van der Waals surface area (Å²) in [7, 11) is 0. The number of hydrogen-bond donors (Lipinski definition) is 4. The van der Waals surface area contributed by atoms with Crippen LogP contribution in [0, 0.1) is 5.41 Å². The molecule has 0 saturated carbocycles. The topological polar surface area (TPSA) is 130 Å². The maximum absolute atomic E-state index is 12.2. The molecule has 0 amide bonds. The number of nitrogens with zero attached hydrogens (tertiary/aromatic N) is 2. The summed E-state index contributed by atoms with van der Waals surface area (Å²) >= 11 is 0. The van der Waals surface area contributed by atoms with E-state index in [-0.39, 0.29) is 34.9 Å². The Bertz CT molecular complexity index is 995. The van der Waals surface area contributed by atoms with Crippen LogP contribution in [-0.2, 0) is 4.79 Å². The van der Waals surface area contributed by atoms with E-state index >= 15 is 0 Å². The van der Waals surface area contributed by atoms with E-state index in [2.05, 4.69) is 10.1 Å². The fourth-order valence-corrected chi connectivity index (χ4v) is 2.43. The Labute approximate surface area is 135 Å². The van der Waals surface area contributed by atoms with Gasteiger partial charge in [0.15, 0.2) is 5.84 Å². The maximum atomic E-state index is 12.2. The Hall–Kier alpha value is -3.42. The average Bonchev–Trinajstić information content (AvgIpc) is 2.87. The fourth-order valence-electron chi connectivity index (χ4n) is 2.43. The van der Waals surface area contributed by atoms with Crippen molar-refractivity contribution in [1.29, 1.82) is 5.41 Å². The SMILES string of the molecule is N=C1c2c(O)[nH]c(=O)c(=Cc3ccccc3)c2=NN1CCC(=O)O. The van der Waals surface area contributed by atoms with Gasteiger partial charge in [0.1, 0.15) is 10.9 Å². The first-order chi connectivity index (χ1) is 11.5. The molecule has 0 aliphatic carbocycles. The van der Waals surface area contributed by atoms with Gasteiger partial charge in [-0.15, -0.1) is 0 Å². The summed E-state index contributed by atoms with van der Waals surface area (Å²) in [6, 6.07) is 9.09. The molecule has 0 saturated heterocycles. The lowest BCUT2D eigenvalue weighted by Crippen LogP contribution is -2.42. The molecule has 3 rings (SSSR count). The van der Waals surface area contributed by atoms with Crippen molar-refractivity contribution in [3.05, 3.63) is 62.4 Å². The lowest BCUT2D eigenvalue weighted by Gasteiger charge is -2.12. The number of amidine groups is 1. The molecule has 2 aromatic rings. The molecule has 8 heteroatoms. The minimum Gasteiger partial charge on any atom is -0.494 e. The van der Waals surface area contributed by atoms with E-state index in [1.165, 1.54) is 0 Å². The number of aliphatic carboxylic acids is 1. The molecule has 1 aromatic carbocycles. The summed E-state index contributed by atoms with van der Waals surface area (Å²) in [5, 5.41) is 32.5. The third-order valence-corrected chi connectivity index (χ3v) is 3.57. The van der Waals surface area contributed by atoms with Crippen molar-refractivity contribution >= 4 is 17.9 Å². The molecule has 24 heavy (non-hydrogen) atoms. The van der Waals surface area contributed by atoms with Crippen molar-refractivity contribution < 1.29 is 15.0 Å². The van der Waals surface area contributed by atoms with Gasteiger partial charge in [-0.1, -0.05) is 30.3 Å². The molecular formula is C16H14N4O4.